The quantitative estimate of drug-likeness (QED) is 0.673. The van der Waals surface area contributed by atoms with Crippen molar-refractivity contribution in [2.24, 2.45) is 0 Å². The second-order valence-electron chi connectivity index (χ2n) is 4.29. The minimum Gasteiger partial charge on any atom is -0.295 e. The fourth-order valence-corrected chi connectivity index (χ4v) is 2.34. The van der Waals surface area contributed by atoms with Crippen molar-refractivity contribution in [3.8, 4) is 11.8 Å². The molecular weight excluding hydrogens is 277 g/mol. The third-order valence-electron chi connectivity index (χ3n) is 3.06. The molecule has 0 atom stereocenters. The fourth-order valence-electron chi connectivity index (χ4n) is 2.16. The van der Waals surface area contributed by atoms with Crippen LogP contribution >= 0.6 is 11.6 Å². The second-order valence-corrected chi connectivity index (χ2v) is 4.56. The van der Waals surface area contributed by atoms with Gasteiger partial charge >= 0.3 is 0 Å². The zero-order valence-corrected chi connectivity index (χ0v) is 11.1. The Balaban J connectivity index is 2.31. The zero-order valence-electron chi connectivity index (χ0n) is 10.3. The Morgan fingerprint density at radius 2 is 1.95 bits per heavy atom. The molecule has 0 amide bonds. The molecule has 0 saturated carbocycles. The van der Waals surface area contributed by atoms with Crippen LogP contribution in [0.1, 0.15) is 11.4 Å². The molecule has 3 nitrogen and oxygen atoms in total. The third kappa shape index (κ3) is 2.02. The number of aromatic nitrogens is 2. The van der Waals surface area contributed by atoms with Crippen LogP contribution in [0.4, 0.5) is 4.39 Å². The van der Waals surface area contributed by atoms with Crippen molar-refractivity contribution in [1.29, 1.82) is 5.26 Å². The molecule has 0 saturated heterocycles. The highest BCUT2D eigenvalue weighted by Gasteiger charge is 2.12. The molecule has 3 aromatic rings. The van der Waals surface area contributed by atoms with Crippen LogP contribution in [0.15, 0.2) is 42.5 Å². The number of alkyl halides is 1. The molecule has 20 heavy (non-hydrogen) atoms. The van der Waals surface area contributed by atoms with Gasteiger partial charge in [0.05, 0.1) is 28.5 Å². The molecule has 0 N–H and O–H groups in total. The number of rotatable bonds is 2. The van der Waals surface area contributed by atoms with Crippen LogP contribution in [0, 0.1) is 17.1 Å². The van der Waals surface area contributed by atoms with Crippen LogP contribution < -0.4 is 0 Å². The molecule has 3 rings (SSSR count). The van der Waals surface area contributed by atoms with Gasteiger partial charge in [-0.3, -0.25) is 4.57 Å². The molecule has 5 heteroatoms. The van der Waals surface area contributed by atoms with Crippen molar-refractivity contribution in [2.45, 2.75) is 5.88 Å². The molecule has 0 radical (unpaired) electrons. The van der Waals surface area contributed by atoms with E-state index >= 15 is 0 Å². The first kappa shape index (κ1) is 12.6. The molecule has 0 unspecified atom stereocenters. The maximum atomic E-state index is 13.0. The molecule has 0 fully saturated rings. The Bertz CT molecular complexity index is 815. The van der Waals surface area contributed by atoms with E-state index in [2.05, 4.69) is 11.1 Å². The van der Waals surface area contributed by atoms with E-state index < -0.39 is 0 Å². The van der Waals surface area contributed by atoms with Gasteiger partial charge in [-0.15, -0.1) is 11.6 Å². The van der Waals surface area contributed by atoms with E-state index in [0.717, 1.165) is 16.7 Å². The summed E-state index contributed by atoms with van der Waals surface area (Å²) in [6.07, 6.45) is 0. The lowest BCUT2D eigenvalue weighted by atomic mass is 10.2. The van der Waals surface area contributed by atoms with Crippen molar-refractivity contribution < 1.29 is 4.39 Å². The van der Waals surface area contributed by atoms with Gasteiger partial charge in [0.2, 0.25) is 0 Å². The average molecular weight is 286 g/mol. The van der Waals surface area contributed by atoms with Gasteiger partial charge in [-0.05, 0) is 42.5 Å². The summed E-state index contributed by atoms with van der Waals surface area (Å²) in [4.78, 5) is 4.43. The highest BCUT2D eigenvalue weighted by molar-refractivity contribution is 6.17. The van der Waals surface area contributed by atoms with E-state index in [9.17, 15) is 4.39 Å². The van der Waals surface area contributed by atoms with Gasteiger partial charge in [0.25, 0.3) is 0 Å². The molecule has 0 aliphatic heterocycles. The number of nitrogens with zero attached hydrogens (tertiary/aromatic N) is 3. The van der Waals surface area contributed by atoms with Gasteiger partial charge < -0.3 is 0 Å². The molecule has 0 aliphatic rings. The predicted molar refractivity (Wildman–Crippen MR) is 75.3 cm³/mol. The molecule has 2 aromatic carbocycles. The molecule has 1 heterocycles. The SMILES string of the molecule is N#Cc1ccc2nc(CCl)n(-c3ccc(F)cc3)c2c1. The topological polar surface area (TPSA) is 41.6 Å². The average Bonchev–Trinajstić information content (AvgIpc) is 2.85. The molecule has 0 aliphatic carbocycles. The van der Waals surface area contributed by atoms with E-state index in [1.165, 1.54) is 12.1 Å². The monoisotopic (exact) mass is 285 g/mol. The second kappa shape index (κ2) is 4.95. The number of nitriles is 1. The van der Waals surface area contributed by atoms with Crippen molar-refractivity contribution in [2.75, 3.05) is 0 Å². The lowest BCUT2D eigenvalue weighted by molar-refractivity contribution is 0.627. The van der Waals surface area contributed by atoms with E-state index in [0.29, 0.717) is 11.4 Å². The number of imidazole rings is 1. The Morgan fingerprint density at radius 1 is 1.20 bits per heavy atom. The van der Waals surface area contributed by atoms with Gasteiger partial charge in [-0.1, -0.05) is 0 Å². The Morgan fingerprint density at radius 3 is 2.60 bits per heavy atom. The van der Waals surface area contributed by atoms with Crippen molar-refractivity contribution in [3.63, 3.8) is 0 Å². The Labute approximate surface area is 119 Å². The zero-order chi connectivity index (χ0) is 14.1. The highest BCUT2D eigenvalue weighted by Crippen LogP contribution is 2.23. The highest BCUT2D eigenvalue weighted by atomic mass is 35.5. The van der Waals surface area contributed by atoms with Crippen LogP contribution in [0.3, 0.4) is 0 Å². The Kier molecular flexibility index (Phi) is 3.13. The summed E-state index contributed by atoms with van der Waals surface area (Å²) < 4.78 is 14.9. The van der Waals surface area contributed by atoms with Gasteiger partial charge in [-0.2, -0.15) is 5.26 Å². The fraction of sp³-hybridized carbons (Fsp3) is 0.0667. The number of halogens is 2. The summed E-state index contributed by atoms with van der Waals surface area (Å²) in [6.45, 7) is 0. The lowest BCUT2D eigenvalue weighted by Crippen LogP contribution is -1.99. The van der Waals surface area contributed by atoms with Crippen molar-refractivity contribution in [1.82, 2.24) is 9.55 Å². The maximum absolute atomic E-state index is 13.0. The van der Waals surface area contributed by atoms with E-state index in [4.69, 9.17) is 16.9 Å². The number of fused-ring (bicyclic) bond motifs is 1. The molecule has 0 bridgehead atoms. The van der Waals surface area contributed by atoms with Crippen LogP contribution in [0.25, 0.3) is 16.7 Å². The molecular formula is C15H9ClFN3. The Hall–Kier alpha value is -2.38. The minimum absolute atomic E-state index is 0.230. The minimum atomic E-state index is -0.302. The maximum Gasteiger partial charge on any atom is 0.129 e. The normalized spacial score (nSPS) is 10.7. The van der Waals surface area contributed by atoms with Crippen LogP contribution in [-0.2, 0) is 5.88 Å². The van der Waals surface area contributed by atoms with Crippen LogP contribution in [0.5, 0.6) is 0 Å². The van der Waals surface area contributed by atoms with E-state index in [1.807, 2.05) is 4.57 Å². The van der Waals surface area contributed by atoms with Gasteiger partial charge in [0, 0.05) is 5.69 Å². The summed E-state index contributed by atoms with van der Waals surface area (Å²) >= 11 is 5.94. The lowest BCUT2D eigenvalue weighted by Gasteiger charge is -2.07. The van der Waals surface area contributed by atoms with Crippen LogP contribution in [0.2, 0.25) is 0 Å². The molecule has 0 spiro atoms. The number of hydrogen-bond donors (Lipinski definition) is 0. The third-order valence-corrected chi connectivity index (χ3v) is 3.30. The summed E-state index contributed by atoms with van der Waals surface area (Å²) in [7, 11) is 0. The number of hydrogen-bond acceptors (Lipinski definition) is 2. The first-order valence-corrected chi connectivity index (χ1v) is 6.50. The summed E-state index contributed by atoms with van der Waals surface area (Å²) in [5, 5.41) is 9.00. The number of benzene rings is 2. The standard InChI is InChI=1S/C15H9ClFN3/c16-8-15-19-13-6-1-10(9-18)7-14(13)20(15)12-4-2-11(17)3-5-12/h1-7H,8H2. The van der Waals surface area contributed by atoms with E-state index in [1.54, 1.807) is 30.3 Å². The smallest absolute Gasteiger partial charge is 0.129 e. The van der Waals surface area contributed by atoms with E-state index in [-0.39, 0.29) is 11.7 Å². The van der Waals surface area contributed by atoms with Gasteiger partial charge in [0.1, 0.15) is 11.6 Å². The summed E-state index contributed by atoms with van der Waals surface area (Å²) in [6, 6.07) is 13.4. The van der Waals surface area contributed by atoms with Gasteiger partial charge in [-0.25, -0.2) is 9.37 Å². The van der Waals surface area contributed by atoms with Crippen molar-refractivity contribution >= 4 is 22.6 Å². The molecule has 1 aromatic heterocycles. The summed E-state index contributed by atoms with van der Waals surface area (Å²) in [5.74, 6) is 0.584. The van der Waals surface area contributed by atoms with Crippen LogP contribution in [-0.4, -0.2) is 9.55 Å². The first-order chi connectivity index (χ1) is 9.72. The predicted octanol–water partition coefficient (Wildman–Crippen LogP) is 3.78. The first-order valence-electron chi connectivity index (χ1n) is 5.96. The molecule has 98 valence electrons. The van der Waals surface area contributed by atoms with Gasteiger partial charge in [0.15, 0.2) is 0 Å². The summed E-state index contributed by atoms with van der Waals surface area (Å²) in [5.41, 5.74) is 2.84. The van der Waals surface area contributed by atoms with Crippen molar-refractivity contribution in [3.05, 3.63) is 59.7 Å². The largest absolute Gasteiger partial charge is 0.295 e.